The van der Waals surface area contributed by atoms with Gasteiger partial charge in [0.25, 0.3) is 0 Å². The smallest absolute Gasteiger partial charge is 0.0205 e. The first-order valence-electron chi connectivity index (χ1n) is 7.36. The van der Waals surface area contributed by atoms with Crippen LogP contribution in [0, 0.1) is 6.92 Å². The fourth-order valence-corrected chi connectivity index (χ4v) is 3.10. The highest BCUT2D eigenvalue weighted by Crippen LogP contribution is 2.23. The lowest BCUT2D eigenvalue weighted by atomic mass is 10.1. The molecule has 0 spiro atoms. The molecule has 19 heavy (non-hydrogen) atoms. The van der Waals surface area contributed by atoms with Gasteiger partial charge >= 0.3 is 0 Å². The Bertz CT molecular complexity index is 362. The maximum absolute atomic E-state index is 3.37. The van der Waals surface area contributed by atoms with E-state index in [0.717, 1.165) is 26.2 Å². The lowest BCUT2D eigenvalue weighted by Crippen LogP contribution is -2.25. The summed E-state index contributed by atoms with van der Waals surface area (Å²) in [5.41, 5.74) is 2.78. The number of nitrogens with zero attached hydrogens (tertiary/aromatic N) is 1. The van der Waals surface area contributed by atoms with Crippen molar-refractivity contribution in [2.45, 2.75) is 39.1 Å². The summed E-state index contributed by atoms with van der Waals surface area (Å²) in [7, 11) is 0. The zero-order valence-electron chi connectivity index (χ0n) is 12.8. The molecule has 0 atom stereocenters. The second kappa shape index (κ2) is 9.40. The van der Waals surface area contributed by atoms with Crippen LogP contribution in [-0.4, -0.2) is 36.8 Å². The second-order valence-electron chi connectivity index (χ2n) is 4.76. The van der Waals surface area contributed by atoms with Crippen molar-refractivity contribution in [2.24, 2.45) is 0 Å². The van der Waals surface area contributed by atoms with Gasteiger partial charge in [0.1, 0.15) is 0 Å². The molecule has 0 fully saturated rings. The van der Waals surface area contributed by atoms with Crippen LogP contribution < -0.4 is 5.32 Å². The largest absolute Gasteiger partial charge is 0.313 e. The summed E-state index contributed by atoms with van der Waals surface area (Å²) >= 11 is 1.98. The minimum atomic E-state index is 0.974. The summed E-state index contributed by atoms with van der Waals surface area (Å²) < 4.78 is 0. The van der Waals surface area contributed by atoms with Crippen LogP contribution >= 0.6 is 11.8 Å². The topological polar surface area (TPSA) is 15.3 Å². The van der Waals surface area contributed by atoms with Crippen molar-refractivity contribution >= 4 is 11.8 Å². The van der Waals surface area contributed by atoms with Gasteiger partial charge in [-0.3, -0.25) is 0 Å². The van der Waals surface area contributed by atoms with E-state index in [-0.39, 0.29) is 0 Å². The van der Waals surface area contributed by atoms with E-state index in [4.69, 9.17) is 0 Å². The molecule has 0 aliphatic heterocycles. The molecule has 0 heterocycles. The number of aryl methyl sites for hydroxylation is 1. The van der Waals surface area contributed by atoms with E-state index in [1.807, 2.05) is 11.8 Å². The summed E-state index contributed by atoms with van der Waals surface area (Å²) in [6.07, 6.45) is 0. The van der Waals surface area contributed by atoms with Crippen LogP contribution in [0.4, 0.5) is 0 Å². The third-order valence-corrected chi connectivity index (χ3v) is 4.53. The Balaban J connectivity index is 2.46. The van der Waals surface area contributed by atoms with Crippen molar-refractivity contribution in [1.82, 2.24) is 10.2 Å². The number of rotatable bonds is 9. The average Bonchev–Trinajstić information content (AvgIpc) is 2.43. The molecule has 1 N–H and O–H groups in total. The molecule has 1 aromatic carbocycles. The van der Waals surface area contributed by atoms with Gasteiger partial charge in [0.15, 0.2) is 0 Å². The Kier molecular flexibility index (Phi) is 8.19. The zero-order chi connectivity index (χ0) is 14.1. The fraction of sp³-hybridized carbons (Fsp3) is 0.625. The van der Waals surface area contributed by atoms with E-state index >= 15 is 0 Å². The van der Waals surface area contributed by atoms with E-state index in [2.05, 4.69) is 56.1 Å². The minimum absolute atomic E-state index is 0.974. The quantitative estimate of drug-likeness (QED) is 0.697. The summed E-state index contributed by atoms with van der Waals surface area (Å²) in [6.45, 7) is 14.3. The number of hydrogen-bond donors (Lipinski definition) is 1. The second-order valence-corrected chi connectivity index (χ2v) is 5.89. The molecule has 1 aromatic rings. The van der Waals surface area contributed by atoms with E-state index in [1.54, 1.807) is 0 Å². The lowest BCUT2D eigenvalue weighted by molar-refractivity contribution is 0.324. The van der Waals surface area contributed by atoms with Crippen LogP contribution in [0.1, 0.15) is 31.9 Å². The molecule has 2 nitrogen and oxygen atoms in total. The zero-order valence-corrected chi connectivity index (χ0v) is 13.6. The van der Waals surface area contributed by atoms with Crippen molar-refractivity contribution in [3.63, 3.8) is 0 Å². The maximum atomic E-state index is 3.37. The Hall–Kier alpha value is -0.510. The highest BCUT2D eigenvalue weighted by atomic mass is 32.2. The fourth-order valence-electron chi connectivity index (χ4n) is 2.08. The summed E-state index contributed by atoms with van der Waals surface area (Å²) in [6, 6.07) is 6.83. The average molecular weight is 280 g/mol. The van der Waals surface area contributed by atoms with Crippen LogP contribution in [0.15, 0.2) is 23.1 Å². The molecule has 0 amide bonds. The normalized spacial score (nSPS) is 11.2. The molecule has 1 rings (SSSR count). The molecule has 0 saturated carbocycles. The van der Waals surface area contributed by atoms with Gasteiger partial charge in [0.2, 0.25) is 0 Å². The standard InChI is InChI=1S/C16H28N2S/c1-5-17-13-15-8-9-16(14(4)12-15)19-11-10-18(6-2)7-3/h8-9,12,17H,5-7,10-11,13H2,1-4H3. The van der Waals surface area contributed by atoms with E-state index in [0.29, 0.717) is 0 Å². The lowest BCUT2D eigenvalue weighted by Gasteiger charge is -2.17. The minimum Gasteiger partial charge on any atom is -0.313 e. The van der Waals surface area contributed by atoms with Gasteiger partial charge in [-0.15, -0.1) is 11.8 Å². The van der Waals surface area contributed by atoms with Crippen molar-refractivity contribution in [2.75, 3.05) is 31.9 Å². The summed E-state index contributed by atoms with van der Waals surface area (Å²) in [5.74, 6) is 1.18. The Labute approximate surface area is 123 Å². The van der Waals surface area contributed by atoms with Gasteiger partial charge in [-0.1, -0.05) is 32.9 Å². The first-order valence-corrected chi connectivity index (χ1v) is 8.35. The van der Waals surface area contributed by atoms with Gasteiger partial charge in [-0.25, -0.2) is 0 Å². The van der Waals surface area contributed by atoms with Crippen LogP contribution in [0.3, 0.4) is 0 Å². The SMILES string of the molecule is CCNCc1ccc(SCCN(CC)CC)c(C)c1. The number of hydrogen-bond acceptors (Lipinski definition) is 3. The number of thioether (sulfide) groups is 1. The summed E-state index contributed by atoms with van der Waals surface area (Å²) in [4.78, 5) is 3.90. The molecule has 0 aliphatic rings. The predicted molar refractivity (Wildman–Crippen MR) is 87.1 cm³/mol. The molecule has 0 saturated heterocycles. The molecule has 0 bridgehead atoms. The van der Waals surface area contributed by atoms with Gasteiger partial charge in [-0.05, 0) is 43.8 Å². The van der Waals surface area contributed by atoms with Crippen molar-refractivity contribution in [1.29, 1.82) is 0 Å². The van der Waals surface area contributed by atoms with Gasteiger partial charge in [0, 0.05) is 23.7 Å². The summed E-state index contributed by atoms with van der Waals surface area (Å²) in [5, 5.41) is 3.37. The van der Waals surface area contributed by atoms with Gasteiger partial charge in [-0.2, -0.15) is 0 Å². The molecule has 0 radical (unpaired) electrons. The number of benzene rings is 1. The highest BCUT2D eigenvalue weighted by molar-refractivity contribution is 7.99. The van der Waals surface area contributed by atoms with Gasteiger partial charge in [0.05, 0.1) is 0 Å². The highest BCUT2D eigenvalue weighted by Gasteiger charge is 2.03. The molecular formula is C16H28N2S. The molecule has 0 aromatic heterocycles. The first-order chi connectivity index (χ1) is 9.21. The monoisotopic (exact) mass is 280 g/mol. The van der Waals surface area contributed by atoms with E-state index in [1.165, 1.54) is 28.3 Å². The molecule has 0 aliphatic carbocycles. The molecule has 0 unspecified atom stereocenters. The first kappa shape index (κ1) is 16.5. The van der Waals surface area contributed by atoms with Crippen molar-refractivity contribution < 1.29 is 0 Å². The predicted octanol–water partition coefficient (Wildman–Crippen LogP) is 3.54. The van der Waals surface area contributed by atoms with Crippen LogP contribution in [0.5, 0.6) is 0 Å². The van der Waals surface area contributed by atoms with Crippen molar-refractivity contribution in [3.05, 3.63) is 29.3 Å². The van der Waals surface area contributed by atoms with E-state index in [9.17, 15) is 0 Å². The van der Waals surface area contributed by atoms with Crippen LogP contribution in [0.2, 0.25) is 0 Å². The third-order valence-electron chi connectivity index (χ3n) is 3.38. The van der Waals surface area contributed by atoms with E-state index < -0.39 is 0 Å². The van der Waals surface area contributed by atoms with Crippen LogP contribution in [0.25, 0.3) is 0 Å². The van der Waals surface area contributed by atoms with Crippen LogP contribution in [-0.2, 0) is 6.54 Å². The maximum Gasteiger partial charge on any atom is 0.0205 e. The Morgan fingerprint density at radius 1 is 1.16 bits per heavy atom. The molecule has 108 valence electrons. The van der Waals surface area contributed by atoms with Crippen molar-refractivity contribution in [3.8, 4) is 0 Å². The third kappa shape index (κ3) is 5.98. The Morgan fingerprint density at radius 2 is 1.89 bits per heavy atom. The molecular weight excluding hydrogens is 252 g/mol. The van der Waals surface area contributed by atoms with Gasteiger partial charge < -0.3 is 10.2 Å². The Morgan fingerprint density at radius 3 is 2.47 bits per heavy atom. The number of nitrogens with one attached hydrogen (secondary N) is 1. The molecule has 3 heteroatoms.